The van der Waals surface area contributed by atoms with Gasteiger partial charge in [0.25, 0.3) is 0 Å². The van der Waals surface area contributed by atoms with E-state index in [1.165, 1.54) is 0 Å². The van der Waals surface area contributed by atoms with Crippen LogP contribution in [0, 0.1) is 5.92 Å². The fourth-order valence-corrected chi connectivity index (χ4v) is 1.05. The molecule has 1 aromatic rings. The van der Waals surface area contributed by atoms with E-state index in [2.05, 4.69) is 10.3 Å². The van der Waals surface area contributed by atoms with E-state index in [9.17, 15) is 5.11 Å². The molecule has 0 aromatic carbocycles. The molecule has 0 saturated heterocycles. The molecule has 1 aromatic heterocycles. The third kappa shape index (κ3) is 2.52. The van der Waals surface area contributed by atoms with Gasteiger partial charge in [-0.2, -0.15) is 0 Å². The molecular formula is C9H17N3O. The Bertz CT molecular complexity index is 278. The topological polar surface area (TPSA) is 50.9 Å². The highest BCUT2D eigenvalue weighted by Gasteiger charge is 2.26. The van der Waals surface area contributed by atoms with Crippen molar-refractivity contribution in [2.24, 2.45) is 13.0 Å². The van der Waals surface area contributed by atoms with Gasteiger partial charge in [-0.3, -0.25) is 4.68 Å². The van der Waals surface area contributed by atoms with Crippen LogP contribution in [0.5, 0.6) is 0 Å². The molecule has 1 unspecified atom stereocenters. The normalized spacial score (nSPS) is 16.2. The lowest BCUT2D eigenvalue weighted by Gasteiger charge is -2.26. The molecule has 4 heteroatoms. The molecule has 1 atom stereocenters. The summed E-state index contributed by atoms with van der Waals surface area (Å²) in [7, 11) is 1.82. The summed E-state index contributed by atoms with van der Waals surface area (Å²) in [6.45, 7) is 5.82. The van der Waals surface area contributed by atoms with Crippen molar-refractivity contribution in [2.45, 2.75) is 32.8 Å². The predicted molar refractivity (Wildman–Crippen MR) is 50.2 cm³/mol. The van der Waals surface area contributed by atoms with Gasteiger partial charge in [-0.25, -0.2) is 0 Å². The summed E-state index contributed by atoms with van der Waals surface area (Å²) in [5.74, 6) is 0.217. The smallest absolute Gasteiger partial charge is 0.0855 e. The lowest BCUT2D eigenvalue weighted by atomic mass is 9.88. The fraction of sp³-hybridized carbons (Fsp3) is 0.778. The van der Waals surface area contributed by atoms with Crippen LogP contribution in [0.2, 0.25) is 0 Å². The molecule has 74 valence electrons. The number of hydrogen-bond acceptors (Lipinski definition) is 3. The first-order valence-corrected chi connectivity index (χ1v) is 4.49. The second kappa shape index (κ2) is 3.46. The van der Waals surface area contributed by atoms with Crippen LogP contribution in [0.3, 0.4) is 0 Å². The number of nitrogens with zero attached hydrogens (tertiary/aromatic N) is 3. The van der Waals surface area contributed by atoms with Crippen LogP contribution in [0.1, 0.15) is 26.5 Å². The lowest BCUT2D eigenvalue weighted by Crippen LogP contribution is -2.33. The molecule has 0 aliphatic carbocycles. The fourth-order valence-electron chi connectivity index (χ4n) is 1.05. The third-order valence-electron chi connectivity index (χ3n) is 2.43. The Morgan fingerprint density at radius 1 is 1.62 bits per heavy atom. The molecule has 0 saturated carbocycles. The first kappa shape index (κ1) is 10.2. The summed E-state index contributed by atoms with van der Waals surface area (Å²) >= 11 is 0. The highest BCUT2D eigenvalue weighted by atomic mass is 16.3. The van der Waals surface area contributed by atoms with Gasteiger partial charge in [0.05, 0.1) is 11.3 Å². The number of aliphatic hydroxyl groups is 1. The maximum Gasteiger partial charge on any atom is 0.0855 e. The van der Waals surface area contributed by atoms with Crippen LogP contribution in [-0.4, -0.2) is 25.7 Å². The molecule has 0 aliphatic rings. The van der Waals surface area contributed by atoms with Gasteiger partial charge in [-0.05, 0) is 12.8 Å². The summed E-state index contributed by atoms with van der Waals surface area (Å²) in [6, 6.07) is 0. The molecule has 1 heterocycles. The second-order valence-electron chi connectivity index (χ2n) is 4.07. The van der Waals surface area contributed by atoms with E-state index in [0.717, 1.165) is 5.69 Å². The van der Waals surface area contributed by atoms with Gasteiger partial charge in [0.15, 0.2) is 0 Å². The average molecular weight is 183 g/mol. The first-order valence-electron chi connectivity index (χ1n) is 4.49. The summed E-state index contributed by atoms with van der Waals surface area (Å²) in [6.07, 6.45) is 2.38. The van der Waals surface area contributed by atoms with E-state index < -0.39 is 5.60 Å². The number of hydrogen-bond donors (Lipinski definition) is 1. The Hall–Kier alpha value is -0.900. The summed E-state index contributed by atoms with van der Waals surface area (Å²) < 4.78 is 1.64. The van der Waals surface area contributed by atoms with Crippen LogP contribution >= 0.6 is 0 Å². The van der Waals surface area contributed by atoms with Crippen LogP contribution < -0.4 is 0 Å². The zero-order chi connectivity index (χ0) is 10.1. The number of aromatic nitrogens is 3. The molecule has 0 amide bonds. The predicted octanol–water partition coefficient (Wildman–Crippen LogP) is 0.765. The van der Waals surface area contributed by atoms with E-state index in [4.69, 9.17) is 0 Å². The molecule has 4 nitrogen and oxygen atoms in total. The Morgan fingerprint density at radius 2 is 2.23 bits per heavy atom. The van der Waals surface area contributed by atoms with Crippen molar-refractivity contribution in [3.05, 3.63) is 11.9 Å². The minimum absolute atomic E-state index is 0.217. The largest absolute Gasteiger partial charge is 0.390 e. The van der Waals surface area contributed by atoms with Gasteiger partial charge >= 0.3 is 0 Å². The van der Waals surface area contributed by atoms with Crippen LogP contribution in [0.25, 0.3) is 0 Å². The maximum atomic E-state index is 9.98. The molecule has 0 spiro atoms. The molecule has 0 fully saturated rings. The Kier molecular flexibility index (Phi) is 2.71. The minimum Gasteiger partial charge on any atom is -0.390 e. The molecule has 0 bridgehead atoms. The number of rotatable bonds is 3. The van der Waals surface area contributed by atoms with E-state index in [1.807, 2.05) is 34.0 Å². The molecular weight excluding hydrogens is 166 g/mol. The lowest BCUT2D eigenvalue weighted by molar-refractivity contribution is 0.0131. The summed E-state index contributed by atoms with van der Waals surface area (Å²) in [4.78, 5) is 0. The van der Waals surface area contributed by atoms with Gasteiger partial charge in [-0.15, -0.1) is 5.10 Å². The SMILES string of the molecule is CC(C)C(C)(O)Cc1cn(C)nn1. The second-order valence-corrected chi connectivity index (χ2v) is 4.07. The summed E-state index contributed by atoms with van der Waals surface area (Å²) in [5, 5.41) is 17.7. The highest BCUT2D eigenvalue weighted by molar-refractivity contribution is 4.98. The quantitative estimate of drug-likeness (QED) is 0.752. The van der Waals surface area contributed by atoms with E-state index in [-0.39, 0.29) is 5.92 Å². The molecule has 1 rings (SSSR count). The number of aryl methyl sites for hydroxylation is 1. The van der Waals surface area contributed by atoms with Crippen LogP contribution in [0.15, 0.2) is 6.20 Å². The van der Waals surface area contributed by atoms with E-state index >= 15 is 0 Å². The summed E-state index contributed by atoms with van der Waals surface area (Å²) in [5.41, 5.74) is 0.136. The van der Waals surface area contributed by atoms with Crippen molar-refractivity contribution in [1.82, 2.24) is 15.0 Å². The van der Waals surface area contributed by atoms with Crippen molar-refractivity contribution < 1.29 is 5.11 Å². The third-order valence-corrected chi connectivity index (χ3v) is 2.43. The van der Waals surface area contributed by atoms with Crippen molar-refractivity contribution in [3.8, 4) is 0 Å². The van der Waals surface area contributed by atoms with Crippen molar-refractivity contribution in [2.75, 3.05) is 0 Å². The maximum absolute atomic E-state index is 9.98. The standard InChI is InChI=1S/C9H17N3O/c1-7(2)9(3,13)5-8-6-12(4)11-10-8/h6-7,13H,5H2,1-4H3. The molecule has 13 heavy (non-hydrogen) atoms. The Morgan fingerprint density at radius 3 is 2.62 bits per heavy atom. The highest BCUT2D eigenvalue weighted by Crippen LogP contribution is 2.20. The van der Waals surface area contributed by atoms with Crippen molar-refractivity contribution in [1.29, 1.82) is 0 Å². The van der Waals surface area contributed by atoms with E-state index in [0.29, 0.717) is 6.42 Å². The van der Waals surface area contributed by atoms with Crippen molar-refractivity contribution in [3.63, 3.8) is 0 Å². The van der Waals surface area contributed by atoms with E-state index in [1.54, 1.807) is 4.68 Å². The Labute approximate surface area is 78.6 Å². The van der Waals surface area contributed by atoms with Crippen LogP contribution in [-0.2, 0) is 13.5 Å². The first-order chi connectivity index (χ1) is 5.92. The van der Waals surface area contributed by atoms with Gasteiger partial charge in [0.1, 0.15) is 0 Å². The van der Waals surface area contributed by atoms with Gasteiger partial charge in [0, 0.05) is 19.7 Å². The Balaban J connectivity index is 2.68. The average Bonchev–Trinajstić information content (AvgIpc) is 2.34. The van der Waals surface area contributed by atoms with Gasteiger partial charge in [0.2, 0.25) is 0 Å². The minimum atomic E-state index is -0.698. The molecule has 0 radical (unpaired) electrons. The molecule has 0 aliphatic heterocycles. The van der Waals surface area contributed by atoms with Crippen LogP contribution in [0.4, 0.5) is 0 Å². The van der Waals surface area contributed by atoms with Gasteiger partial charge in [-0.1, -0.05) is 19.1 Å². The monoisotopic (exact) mass is 183 g/mol. The van der Waals surface area contributed by atoms with Gasteiger partial charge < -0.3 is 5.11 Å². The zero-order valence-corrected chi connectivity index (χ0v) is 8.65. The zero-order valence-electron chi connectivity index (χ0n) is 8.65. The molecule has 1 N–H and O–H groups in total. The van der Waals surface area contributed by atoms with Crippen molar-refractivity contribution >= 4 is 0 Å².